The molecule has 26 heavy (non-hydrogen) atoms. The van der Waals surface area contributed by atoms with Gasteiger partial charge in [-0.1, -0.05) is 24.3 Å². The fourth-order valence-electron chi connectivity index (χ4n) is 2.97. The molecule has 0 radical (unpaired) electrons. The van der Waals surface area contributed by atoms with Crippen molar-refractivity contribution in [3.8, 4) is 5.75 Å². The van der Waals surface area contributed by atoms with Crippen LogP contribution in [0.1, 0.15) is 21.5 Å². The first kappa shape index (κ1) is 18.9. The van der Waals surface area contributed by atoms with Gasteiger partial charge in [-0.2, -0.15) is 0 Å². The highest BCUT2D eigenvalue weighted by atomic mass is 79.9. The molecule has 1 amide bonds. The van der Waals surface area contributed by atoms with Crippen molar-refractivity contribution in [2.75, 3.05) is 33.4 Å². The first-order valence-electron chi connectivity index (χ1n) is 8.66. The molecule has 0 unspecified atom stereocenters. The monoisotopic (exact) mass is 418 g/mol. The average molecular weight is 419 g/mol. The molecular weight excluding hydrogens is 396 g/mol. The van der Waals surface area contributed by atoms with Crippen molar-refractivity contribution >= 4 is 21.8 Å². The van der Waals surface area contributed by atoms with Gasteiger partial charge in [0.1, 0.15) is 5.75 Å². The molecule has 0 saturated carbocycles. The number of amides is 1. The SMILES string of the molecule is COc1ccc(C(=O)NCc2ccccc2CN2CCOCC2)cc1Br. The zero-order valence-corrected chi connectivity index (χ0v) is 16.4. The minimum absolute atomic E-state index is 0.102. The zero-order chi connectivity index (χ0) is 18.4. The van der Waals surface area contributed by atoms with Gasteiger partial charge in [0, 0.05) is 31.7 Å². The Labute approximate surface area is 162 Å². The van der Waals surface area contributed by atoms with Crippen LogP contribution >= 0.6 is 15.9 Å². The number of halogens is 1. The number of nitrogens with zero attached hydrogens (tertiary/aromatic N) is 1. The van der Waals surface area contributed by atoms with Crippen molar-refractivity contribution in [3.63, 3.8) is 0 Å². The molecule has 1 fully saturated rings. The Morgan fingerprint density at radius 1 is 1.19 bits per heavy atom. The van der Waals surface area contributed by atoms with Gasteiger partial charge in [-0.15, -0.1) is 0 Å². The highest BCUT2D eigenvalue weighted by Crippen LogP contribution is 2.25. The predicted octanol–water partition coefficient (Wildman–Crippen LogP) is 3.22. The Balaban J connectivity index is 1.63. The van der Waals surface area contributed by atoms with E-state index in [1.807, 2.05) is 12.1 Å². The number of carbonyl (C=O) groups excluding carboxylic acids is 1. The first-order valence-corrected chi connectivity index (χ1v) is 9.45. The van der Waals surface area contributed by atoms with E-state index in [-0.39, 0.29) is 5.91 Å². The molecule has 0 spiro atoms. The van der Waals surface area contributed by atoms with Crippen LogP contribution in [0.2, 0.25) is 0 Å². The molecule has 0 aliphatic carbocycles. The van der Waals surface area contributed by atoms with E-state index in [9.17, 15) is 4.79 Å². The second-order valence-electron chi connectivity index (χ2n) is 6.19. The van der Waals surface area contributed by atoms with Gasteiger partial charge in [-0.25, -0.2) is 0 Å². The molecule has 1 aliphatic heterocycles. The molecule has 0 aromatic heterocycles. The van der Waals surface area contributed by atoms with Crippen molar-refractivity contribution in [2.24, 2.45) is 0 Å². The fraction of sp³-hybridized carbons (Fsp3) is 0.350. The summed E-state index contributed by atoms with van der Waals surface area (Å²) in [6.45, 7) is 4.84. The van der Waals surface area contributed by atoms with Crippen LogP contribution in [0.4, 0.5) is 0 Å². The molecule has 138 valence electrons. The fourth-order valence-corrected chi connectivity index (χ4v) is 3.51. The Kier molecular flexibility index (Phi) is 6.66. The quantitative estimate of drug-likeness (QED) is 0.782. The van der Waals surface area contributed by atoms with E-state index in [2.05, 4.69) is 38.3 Å². The summed E-state index contributed by atoms with van der Waals surface area (Å²) < 4.78 is 11.4. The molecule has 1 heterocycles. The van der Waals surface area contributed by atoms with Crippen LogP contribution in [0.25, 0.3) is 0 Å². The van der Waals surface area contributed by atoms with E-state index in [0.29, 0.717) is 17.9 Å². The summed E-state index contributed by atoms with van der Waals surface area (Å²) in [5.41, 5.74) is 2.98. The van der Waals surface area contributed by atoms with Crippen LogP contribution in [-0.4, -0.2) is 44.2 Å². The molecule has 2 aromatic carbocycles. The van der Waals surface area contributed by atoms with Crippen molar-refractivity contribution in [1.29, 1.82) is 0 Å². The lowest BCUT2D eigenvalue weighted by atomic mass is 10.1. The molecule has 1 N–H and O–H groups in total. The Bertz CT molecular complexity index is 760. The summed E-state index contributed by atoms with van der Waals surface area (Å²) in [5.74, 6) is 0.604. The van der Waals surface area contributed by atoms with Crippen LogP contribution in [0.15, 0.2) is 46.9 Å². The number of hydrogen-bond acceptors (Lipinski definition) is 4. The molecule has 5 nitrogen and oxygen atoms in total. The predicted molar refractivity (Wildman–Crippen MR) is 104 cm³/mol. The summed E-state index contributed by atoms with van der Waals surface area (Å²) in [4.78, 5) is 14.9. The summed E-state index contributed by atoms with van der Waals surface area (Å²) in [6, 6.07) is 13.6. The maximum absolute atomic E-state index is 12.5. The van der Waals surface area contributed by atoms with Crippen LogP contribution in [0.5, 0.6) is 5.75 Å². The zero-order valence-electron chi connectivity index (χ0n) is 14.8. The molecular formula is C20H23BrN2O3. The van der Waals surface area contributed by atoms with Crippen molar-refractivity contribution < 1.29 is 14.3 Å². The van der Waals surface area contributed by atoms with E-state index in [0.717, 1.165) is 42.9 Å². The number of hydrogen-bond donors (Lipinski definition) is 1. The third kappa shape index (κ3) is 4.84. The highest BCUT2D eigenvalue weighted by molar-refractivity contribution is 9.10. The van der Waals surface area contributed by atoms with E-state index < -0.39 is 0 Å². The van der Waals surface area contributed by atoms with Gasteiger partial charge in [0.05, 0.1) is 24.8 Å². The van der Waals surface area contributed by atoms with Crippen molar-refractivity contribution in [3.05, 3.63) is 63.6 Å². The Hall–Kier alpha value is -1.89. The van der Waals surface area contributed by atoms with E-state index >= 15 is 0 Å². The minimum Gasteiger partial charge on any atom is -0.496 e. The number of ether oxygens (including phenoxy) is 2. The maximum atomic E-state index is 12.5. The van der Waals surface area contributed by atoms with Crippen LogP contribution < -0.4 is 10.1 Å². The lowest BCUT2D eigenvalue weighted by molar-refractivity contribution is 0.0340. The minimum atomic E-state index is -0.102. The lowest BCUT2D eigenvalue weighted by Gasteiger charge is -2.27. The molecule has 0 bridgehead atoms. The van der Waals surface area contributed by atoms with E-state index in [1.54, 1.807) is 25.3 Å². The summed E-state index contributed by atoms with van der Waals surface area (Å²) in [7, 11) is 1.60. The molecule has 1 saturated heterocycles. The number of carbonyl (C=O) groups is 1. The Morgan fingerprint density at radius 3 is 2.62 bits per heavy atom. The molecule has 1 aliphatic rings. The lowest BCUT2D eigenvalue weighted by Crippen LogP contribution is -2.36. The van der Waals surface area contributed by atoms with Crippen molar-refractivity contribution in [2.45, 2.75) is 13.1 Å². The highest BCUT2D eigenvalue weighted by Gasteiger charge is 2.14. The van der Waals surface area contributed by atoms with Gasteiger partial charge >= 0.3 is 0 Å². The van der Waals surface area contributed by atoms with Crippen molar-refractivity contribution in [1.82, 2.24) is 10.2 Å². The van der Waals surface area contributed by atoms with E-state index in [4.69, 9.17) is 9.47 Å². The van der Waals surface area contributed by atoms with Crippen LogP contribution in [-0.2, 0) is 17.8 Å². The summed E-state index contributed by atoms with van der Waals surface area (Å²) in [5, 5.41) is 3.01. The number of morpholine rings is 1. The number of benzene rings is 2. The first-order chi connectivity index (χ1) is 12.7. The van der Waals surface area contributed by atoms with Gasteiger partial charge in [0.25, 0.3) is 5.91 Å². The number of rotatable bonds is 6. The molecule has 3 rings (SSSR count). The second kappa shape index (κ2) is 9.16. The van der Waals surface area contributed by atoms with Gasteiger partial charge in [-0.05, 0) is 45.3 Å². The van der Waals surface area contributed by atoms with Gasteiger partial charge < -0.3 is 14.8 Å². The molecule has 6 heteroatoms. The Morgan fingerprint density at radius 2 is 1.92 bits per heavy atom. The maximum Gasteiger partial charge on any atom is 0.251 e. The number of methoxy groups -OCH3 is 1. The molecule has 2 aromatic rings. The third-order valence-corrected chi connectivity index (χ3v) is 5.09. The average Bonchev–Trinajstić information content (AvgIpc) is 2.68. The number of nitrogens with one attached hydrogen (secondary N) is 1. The topological polar surface area (TPSA) is 50.8 Å². The largest absolute Gasteiger partial charge is 0.496 e. The molecule has 0 atom stereocenters. The van der Waals surface area contributed by atoms with Crippen LogP contribution in [0, 0.1) is 0 Å². The smallest absolute Gasteiger partial charge is 0.251 e. The normalized spacial score (nSPS) is 14.8. The van der Waals surface area contributed by atoms with Gasteiger partial charge in [0.2, 0.25) is 0 Å². The standard InChI is InChI=1S/C20H23BrN2O3/c1-25-19-7-6-15(12-18(19)21)20(24)22-13-16-4-2-3-5-17(16)14-23-8-10-26-11-9-23/h2-7,12H,8-11,13-14H2,1H3,(H,22,24). The summed E-state index contributed by atoms with van der Waals surface area (Å²) in [6.07, 6.45) is 0. The van der Waals surface area contributed by atoms with E-state index in [1.165, 1.54) is 5.56 Å². The van der Waals surface area contributed by atoms with Gasteiger partial charge in [0.15, 0.2) is 0 Å². The van der Waals surface area contributed by atoms with Gasteiger partial charge in [-0.3, -0.25) is 9.69 Å². The van der Waals surface area contributed by atoms with Crippen LogP contribution in [0.3, 0.4) is 0 Å². The summed E-state index contributed by atoms with van der Waals surface area (Å²) >= 11 is 3.42. The third-order valence-electron chi connectivity index (χ3n) is 4.47. The second-order valence-corrected chi connectivity index (χ2v) is 7.04.